The summed E-state index contributed by atoms with van der Waals surface area (Å²) in [5.74, 6) is 0. The maximum absolute atomic E-state index is 11.6. The lowest BCUT2D eigenvalue weighted by molar-refractivity contribution is 0.448. The van der Waals surface area contributed by atoms with Crippen LogP contribution in [0.4, 0.5) is 5.69 Å². The molecule has 33 heavy (non-hydrogen) atoms. The molecule has 3 aromatic rings. The molecule has 1 unspecified atom stereocenters. The van der Waals surface area contributed by atoms with Gasteiger partial charge < -0.3 is 15.6 Å². The number of nitrogens with zero attached hydrogens (tertiary/aromatic N) is 1. The number of aryl methyl sites for hydroxylation is 2. The molecular weight excluding hydrogens is 455 g/mol. The van der Waals surface area contributed by atoms with E-state index in [9.17, 15) is 4.79 Å². The second-order valence-corrected chi connectivity index (χ2v) is 8.93. The van der Waals surface area contributed by atoms with E-state index in [1.165, 1.54) is 40.7 Å². The quantitative estimate of drug-likeness (QED) is 0.383. The summed E-state index contributed by atoms with van der Waals surface area (Å²) in [6.07, 6.45) is 10.3. The van der Waals surface area contributed by atoms with Crippen molar-refractivity contribution in [2.24, 2.45) is 0 Å². The van der Waals surface area contributed by atoms with Crippen LogP contribution in [0.2, 0.25) is 0 Å². The number of hydrogen-bond donors (Lipinski definition) is 3. The summed E-state index contributed by atoms with van der Waals surface area (Å²) in [6.45, 7) is 1.98. The summed E-state index contributed by atoms with van der Waals surface area (Å²) in [5, 5.41) is 8.74. The molecule has 0 fully saturated rings. The number of H-pyrrole nitrogens is 1. The number of anilines is 1. The third-order valence-electron chi connectivity index (χ3n) is 6.80. The Kier molecular flexibility index (Phi) is 9.19. The Balaban J connectivity index is 0.00000153. The molecule has 2 aliphatic carbocycles. The first-order valence-electron chi connectivity index (χ1n) is 11.9. The van der Waals surface area contributed by atoms with E-state index in [1.807, 2.05) is 6.07 Å². The summed E-state index contributed by atoms with van der Waals surface area (Å²) in [5.41, 5.74) is 7.57. The lowest BCUT2D eigenvalue weighted by atomic mass is 9.91. The van der Waals surface area contributed by atoms with Crippen molar-refractivity contribution in [3.05, 3.63) is 69.3 Å². The zero-order chi connectivity index (χ0) is 21.0. The van der Waals surface area contributed by atoms with Crippen molar-refractivity contribution in [2.45, 2.75) is 63.8 Å². The molecule has 0 saturated carbocycles. The molecule has 0 spiro atoms. The van der Waals surface area contributed by atoms with Gasteiger partial charge in [0, 0.05) is 41.1 Å². The minimum absolute atomic E-state index is 0. The van der Waals surface area contributed by atoms with E-state index in [-0.39, 0.29) is 30.4 Å². The molecular formula is C26H34Cl2N4O. The standard InChI is InChI=1S/C26H32N4O.2ClH/c31-25-15-14-18-21(12-7-13-22(18)30-25)27-16-5-6-17-28-26-19-8-1-3-10-23(19)29-24-11-4-2-9-20(24)26;;/h1,3,8,10,14-15,21,27H,2,4-7,9,11-13,16-17H2,(H,28,29)(H,30,31);2*1H. The van der Waals surface area contributed by atoms with Crippen LogP contribution in [0.25, 0.3) is 10.9 Å². The van der Waals surface area contributed by atoms with Crippen LogP contribution < -0.4 is 16.2 Å². The maximum atomic E-state index is 11.6. The molecule has 1 aromatic carbocycles. The number of rotatable bonds is 7. The molecule has 5 nitrogen and oxygen atoms in total. The third kappa shape index (κ3) is 5.71. The Bertz CT molecular complexity index is 1130. The predicted molar refractivity (Wildman–Crippen MR) is 141 cm³/mol. The van der Waals surface area contributed by atoms with Crippen LogP contribution in [0, 0.1) is 0 Å². The molecule has 2 aromatic heterocycles. The lowest BCUT2D eigenvalue weighted by Gasteiger charge is -2.26. The highest BCUT2D eigenvalue weighted by Crippen LogP contribution is 2.33. The van der Waals surface area contributed by atoms with Crippen molar-refractivity contribution < 1.29 is 0 Å². The number of pyridine rings is 2. The molecule has 0 amide bonds. The van der Waals surface area contributed by atoms with Crippen molar-refractivity contribution in [3.63, 3.8) is 0 Å². The molecule has 0 bridgehead atoms. The molecule has 0 radical (unpaired) electrons. The predicted octanol–water partition coefficient (Wildman–Crippen LogP) is 5.50. The Hall–Kier alpha value is -2.08. The summed E-state index contributed by atoms with van der Waals surface area (Å²) in [6, 6.07) is 12.6. The average molecular weight is 489 g/mol. The van der Waals surface area contributed by atoms with Crippen molar-refractivity contribution in [3.8, 4) is 0 Å². The molecule has 0 saturated heterocycles. The molecule has 5 rings (SSSR count). The number of aromatic amines is 1. The number of unbranched alkanes of at least 4 members (excludes halogenated alkanes) is 1. The fourth-order valence-corrected chi connectivity index (χ4v) is 5.23. The number of nitrogens with one attached hydrogen (secondary N) is 3. The van der Waals surface area contributed by atoms with Gasteiger partial charge in [0.15, 0.2) is 0 Å². The van der Waals surface area contributed by atoms with Crippen molar-refractivity contribution >= 4 is 41.4 Å². The monoisotopic (exact) mass is 488 g/mol. The van der Waals surface area contributed by atoms with E-state index in [4.69, 9.17) is 4.98 Å². The van der Waals surface area contributed by atoms with E-state index in [0.29, 0.717) is 6.04 Å². The zero-order valence-corrected chi connectivity index (χ0v) is 20.6. The van der Waals surface area contributed by atoms with Gasteiger partial charge in [-0.05, 0) is 81.5 Å². The van der Waals surface area contributed by atoms with E-state index in [1.54, 1.807) is 6.07 Å². The number of halogens is 2. The van der Waals surface area contributed by atoms with E-state index >= 15 is 0 Å². The Morgan fingerprint density at radius 1 is 0.939 bits per heavy atom. The van der Waals surface area contributed by atoms with Crippen molar-refractivity contribution in [2.75, 3.05) is 18.4 Å². The molecule has 3 N–H and O–H groups in total. The van der Waals surface area contributed by atoms with Crippen LogP contribution >= 0.6 is 24.8 Å². The molecule has 178 valence electrons. The minimum atomic E-state index is 0. The number of para-hydroxylation sites is 1. The Morgan fingerprint density at radius 2 is 1.76 bits per heavy atom. The van der Waals surface area contributed by atoms with Gasteiger partial charge in [0.2, 0.25) is 5.56 Å². The van der Waals surface area contributed by atoms with E-state index < -0.39 is 0 Å². The fraction of sp³-hybridized carbons (Fsp3) is 0.462. The van der Waals surface area contributed by atoms with Crippen molar-refractivity contribution in [1.29, 1.82) is 0 Å². The summed E-state index contributed by atoms with van der Waals surface area (Å²) in [4.78, 5) is 19.5. The molecule has 0 aliphatic heterocycles. The van der Waals surface area contributed by atoms with Crippen LogP contribution in [0.15, 0.2) is 41.2 Å². The Labute approximate surface area is 208 Å². The maximum Gasteiger partial charge on any atom is 0.248 e. The van der Waals surface area contributed by atoms with Gasteiger partial charge in [-0.25, -0.2) is 0 Å². The molecule has 2 aliphatic rings. The van der Waals surface area contributed by atoms with Crippen molar-refractivity contribution in [1.82, 2.24) is 15.3 Å². The summed E-state index contributed by atoms with van der Waals surface area (Å²) in [7, 11) is 0. The smallest absolute Gasteiger partial charge is 0.248 e. The lowest BCUT2D eigenvalue weighted by Crippen LogP contribution is -2.28. The van der Waals surface area contributed by atoms with Gasteiger partial charge in [-0.15, -0.1) is 24.8 Å². The highest BCUT2D eigenvalue weighted by atomic mass is 35.5. The first-order chi connectivity index (χ1) is 15.3. The van der Waals surface area contributed by atoms with Gasteiger partial charge in [-0.1, -0.05) is 24.3 Å². The van der Waals surface area contributed by atoms with Gasteiger partial charge in [0.25, 0.3) is 0 Å². The SMILES string of the molecule is Cl.Cl.O=c1ccc2c([nH]1)CCCC2NCCCCNc1c2c(nc3ccccc13)CCCC2. The number of hydrogen-bond acceptors (Lipinski definition) is 4. The first kappa shape index (κ1) is 25.5. The molecule has 7 heteroatoms. The molecule has 1 atom stereocenters. The summed E-state index contributed by atoms with van der Waals surface area (Å²) < 4.78 is 0. The molecule has 2 heterocycles. The van der Waals surface area contributed by atoms with Crippen LogP contribution in [-0.2, 0) is 19.3 Å². The van der Waals surface area contributed by atoms with Gasteiger partial charge >= 0.3 is 0 Å². The minimum Gasteiger partial charge on any atom is -0.384 e. The Morgan fingerprint density at radius 3 is 2.67 bits per heavy atom. The second-order valence-electron chi connectivity index (χ2n) is 8.93. The summed E-state index contributed by atoms with van der Waals surface area (Å²) >= 11 is 0. The topological polar surface area (TPSA) is 69.8 Å². The van der Waals surface area contributed by atoms with Crippen LogP contribution in [0.3, 0.4) is 0 Å². The number of aromatic nitrogens is 2. The van der Waals surface area contributed by atoms with Gasteiger partial charge in [0.05, 0.1) is 5.52 Å². The van der Waals surface area contributed by atoms with Crippen LogP contribution in [0.5, 0.6) is 0 Å². The van der Waals surface area contributed by atoms with Gasteiger partial charge in [0.1, 0.15) is 0 Å². The zero-order valence-electron chi connectivity index (χ0n) is 19.0. The van der Waals surface area contributed by atoms with Crippen LogP contribution in [0.1, 0.15) is 67.1 Å². The largest absolute Gasteiger partial charge is 0.384 e. The highest BCUT2D eigenvalue weighted by molar-refractivity contribution is 5.93. The van der Waals surface area contributed by atoms with E-state index in [2.05, 4.69) is 39.9 Å². The van der Waals surface area contributed by atoms with Gasteiger partial charge in [-0.2, -0.15) is 0 Å². The average Bonchev–Trinajstić information content (AvgIpc) is 2.80. The second kappa shape index (κ2) is 11.9. The number of benzene rings is 1. The number of fused-ring (bicyclic) bond motifs is 3. The van der Waals surface area contributed by atoms with Gasteiger partial charge in [-0.3, -0.25) is 9.78 Å². The third-order valence-corrected chi connectivity index (χ3v) is 6.80. The first-order valence-corrected chi connectivity index (χ1v) is 11.9. The highest BCUT2D eigenvalue weighted by Gasteiger charge is 2.20. The van der Waals surface area contributed by atoms with Crippen LogP contribution in [-0.4, -0.2) is 23.1 Å². The van der Waals surface area contributed by atoms with E-state index in [0.717, 1.165) is 69.2 Å². The normalized spacial score (nSPS) is 16.8. The fourth-order valence-electron chi connectivity index (χ4n) is 5.23.